The molecule has 1 saturated heterocycles. The summed E-state index contributed by atoms with van der Waals surface area (Å²) in [5.41, 5.74) is 0.614. The molecule has 0 aliphatic carbocycles. The highest BCUT2D eigenvalue weighted by molar-refractivity contribution is 7.89. The summed E-state index contributed by atoms with van der Waals surface area (Å²) in [5.74, 6) is 1.22. The lowest BCUT2D eigenvalue weighted by molar-refractivity contribution is -0.925. The average molecular weight is 383 g/mol. The largest absolute Gasteiger partial charge is 0.324 e. The summed E-state index contributed by atoms with van der Waals surface area (Å²) in [4.78, 5) is 14.1. The number of rotatable bonds is 6. The zero-order valence-electron chi connectivity index (χ0n) is 16.4. The zero-order chi connectivity index (χ0) is 19.5. The van der Waals surface area contributed by atoms with Crippen LogP contribution in [0.25, 0.3) is 0 Å². The quantitative estimate of drug-likeness (QED) is 0.693. The molecule has 26 heavy (non-hydrogen) atoms. The molecule has 0 saturated carbocycles. The summed E-state index contributed by atoms with van der Waals surface area (Å²) in [5, 5.41) is 2.91. The van der Waals surface area contributed by atoms with Crippen molar-refractivity contribution in [3.8, 4) is 0 Å². The number of sulfonamides is 1. The number of quaternary nitrogens is 1. The standard InChI is InChI=1S/C19H31N3O3S/c1-13(2)21-26(24,25)18-8-6-17(7-9-18)20-19(23)16(5)22-11-14(3)10-15(4)12-22/h6-9,13-16,21H,10-12H2,1-5H3,(H,20,23)/p+1/t14-,15+,16-/m0/s1. The Balaban J connectivity index is 2.01. The Morgan fingerprint density at radius 3 is 2.12 bits per heavy atom. The van der Waals surface area contributed by atoms with E-state index in [1.807, 2.05) is 6.92 Å². The van der Waals surface area contributed by atoms with Gasteiger partial charge in [-0.25, -0.2) is 13.1 Å². The van der Waals surface area contributed by atoms with Gasteiger partial charge in [0.05, 0.1) is 18.0 Å². The number of hydrogen-bond acceptors (Lipinski definition) is 3. The number of piperidine rings is 1. The summed E-state index contributed by atoms with van der Waals surface area (Å²) in [6, 6.07) is 6.00. The van der Waals surface area contributed by atoms with Gasteiger partial charge in [-0.15, -0.1) is 0 Å². The van der Waals surface area contributed by atoms with E-state index in [9.17, 15) is 13.2 Å². The molecule has 4 atom stereocenters. The first-order valence-electron chi connectivity index (χ1n) is 9.36. The molecule has 3 N–H and O–H groups in total. The van der Waals surface area contributed by atoms with Crippen LogP contribution in [0.2, 0.25) is 0 Å². The molecule has 0 bridgehead atoms. The third kappa shape index (κ3) is 5.53. The van der Waals surface area contributed by atoms with E-state index in [1.54, 1.807) is 26.0 Å². The normalized spacial score (nSPS) is 25.1. The summed E-state index contributed by atoms with van der Waals surface area (Å²) in [6.07, 6.45) is 1.22. The van der Waals surface area contributed by atoms with Crippen LogP contribution in [-0.2, 0) is 14.8 Å². The van der Waals surface area contributed by atoms with E-state index >= 15 is 0 Å². The van der Waals surface area contributed by atoms with Gasteiger partial charge in [0.15, 0.2) is 6.04 Å². The van der Waals surface area contributed by atoms with Gasteiger partial charge in [0.25, 0.3) is 5.91 Å². The van der Waals surface area contributed by atoms with Crippen LogP contribution in [-0.4, -0.2) is 39.5 Å². The Hall–Kier alpha value is -1.44. The van der Waals surface area contributed by atoms with Gasteiger partial charge in [0, 0.05) is 23.6 Å². The molecule has 2 rings (SSSR count). The SMILES string of the molecule is CC(C)NS(=O)(=O)c1ccc(NC(=O)[C@H](C)[NH+]2C[C@H](C)C[C@H](C)C2)cc1. The molecule has 0 spiro atoms. The molecule has 146 valence electrons. The van der Waals surface area contributed by atoms with Crippen molar-refractivity contribution in [3.63, 3.8) is 0 Å². The Morgan fingerprint density at radius 1 is 1.08 bits per heavy atom. The maximum absolute atomic E-state index is 12.6. The highest BCUT2D eigenvalue weighted by Crippen LogP contribution is 2.15. The minimum atomic E-state index is -3.52. The van der Waals surface area contributed by atoms with Gasteiger partial charge in [0.1, 0.15) is 0 Å². The van der Waals surface area contributed by atoms with Crippen LogP contribution in [0, 0.1) is 11.8 Å². The third-order valence-corrected chi connectivity index (χ3v) is 6.53. The lowest BCUT2D eigenvalue weighted by atomic mass is 9.91. The lowest BCUT2D eigenvalue weighted by Gasteiger charge is -2.35. The van der Waals surface area contributed by atoms with E-state index < -0.39 is 10.0 Å². The van der Waals surface area contributed by atoms with Crippen LogP contribution in [0.15, 0.2) is 29.2 Å². The molecule has 6 nitrogen and oxygen atoms in total. The molecule has 1 aromatic carbocycles. The second kappa shape index (κ2) is 8.50. The van der Waals surface area contributed by atoms with Gasteiger partial charge in [-0.1, -0.05) is 13.8 Å². The minimum absolute atomic E-state index is 0.0304. The highest BCUT2D eigenvalue weighted by atomic mass is 32.2. The maximum Gasteiger partial charge on any atom is 0.282 e. The zero-order valence-corrected chi connectivity index (χ0v) is 17.2. The van der Waals surface area contributed by atoms with Crippen molar-refractivity contribution >= 4 is 21.6 Å². The van der Waals surface area contributed by atoms with Gasteiger partial charge >= 0.3 is 0 Å². The fraction of sp³-hybridized carbons (Fsp3) is 0.632. The predicted molar refractivity (Wildman–Crippen MR) is 104 cm³/mol. The van der Waals surface area contributed by atoms with Gasteiger partial charge < -0.3 is 10.2 Å². The van der Waals surface area contributed by atoms with Crippen molar-refractivity contribution in [1.82, 2.24) is 4.72 Å². The van der Waals surface area contributed by atoms with Crippen LogP contribution in [0.3, 0.4) is 0 Å². The molecule has 1 aliphatic heterocycles. The molecule has 1 aromatic rings. The fourth-order valence-electron chi connectivity index (χ4n) is 3.72. The average Bonchev–Trinajstić information content (AvgIpc) is 2.52. The van der Waals surface area contributed by atoms with Crippen molar-refractivity contribution in [2.24, 2.45) is 11.8 Å². The first kappa shape index (κ1) is 20.9. The van der Waals surface area contributed by atoms with Crippen LogP contribution < -0.4 is 14.9 Å². The number of nitrogens with one attached hydrogen (secondary N) is 3. The van der Waals surface area contributed by atoms with Crippen LogP contribution >= 0.6 is 0 Å². The van der Waals surface area contributed by atoms with E-state index in [1.165, 1.54) is 23.5 Å². The Labute approximate surface area is 157 Å². The van der Waals surface area contributed by atoms with Crippen LogP contribution in [0.5, 0.6) is 0 Å². The summed E-state index contributed by atoms with van der Waals surface area (Å²) in [7, 11) is -3.52. The fourth-order valence-corrected chi connectivity index (χ4v) is 4.97. The smallest absolute Gasteiger partial charge is 0.282 e. The molecule has 1 aliphatic rings. The van der Waals surface area contributed by atoms with Crippen molar-refractivity contribution in [2.75, 3.05) is 18.4 Å². The topological polar surface area (TPSA) is 79.7 Å². The van der Waals surface area contributed by atoms with Crippen LogP contribution in [0.1, 0.15) is 41.0 Å². The molecule has 0 aromatic heterocycles. The number of amides is 1. The lowest BCUT2D eigenvalue weighted by Crippen LogP contribution is -3.18. The van der Waals surface area contributed by atoms with Gasteiger partial charge in [-0.3, -0.25) is 4.79 Å². The van der Waals surface area contributed by atoms with E-state index in [-0.39, 0.29) is 22.9 Å². The van der Waals surface area contributed by atoms with E-state index in [4.69, 9.17) is 0 Å². The van der Waals surface area contributed by atoms with Gasteiger partial charge in [-0.2, -0.15) is 0 Å². The Kier molecular flexibility index (Phi) is 6.82. The molecule has 0 radical (unpaired) electrons. The van der Waals surface area contributed by atoms with Crippen molar-refractivity contribution in [1.29, 1.82) is 0 Å². The van der Waals surface area contributed by atoms with Crippen molar-refractivity contribution < 1.29 is 18.1 Å². The molecular weight excluding hydrogens is 350 g/mol. The summed E-state index contributed by atoms with van der Waals surface area (Å²) < 4.78 is 26.8. The monoisotopic (exact) mass is 382 g/mol. The van der Waals surface area contributed by atoms with E-state index in [2.05, 4.69) is 23.9 Å². The number of hydrogen-bond donors (Lipinski definition) is 3. The van der Waals surface area contributed by atoms with Crippen molar-refractivity contribution in [3.05, 3.63) is 24.3 Å². The molecule has 1 fully saturated rings. The molecule has 7 heteroatoms. The van der Waals surface area contributed by atoms with Crippen LogP contribution in [0.4, 0.5) is 5.69 Å². The number of carbonyl (C=O) groups is 1. The predicted octanol–water partition coefficient (Wildman–Crippen LogP) is 1.26. The van der Waals surface area contributed by atoms with Gasteiger partial charge in [0.2, 0.25) is 10.0 Å². The second-order valence-electron chi connectivity index (χ2n) is 8.02. The van der Waals surface area contributed by atoms with Crippen molar-refractivity contribution in [2.45, 2.75) is 58.0 Å². The number of carbonyl (C=O) groups excluding carboxylic acids is 1. The third-order valence-electron chi connectivity index (χ3n) is 4.85. The molecule has 1 amide bonds. The molecular formula is C19H32N3O3S+. The Bertz CT molecular complexity index is 706. The number of anilines is 1. The number of likely N-dealkylation sites (tertiary alicyclic amines) is 1. The van der Waals surface area contributed by atoms with E-state index in [0.29, 0.717) is 17.5 Å². The Morgan fingerprint density at radius 2 is 1.62 bits per heavy atom. The summed E-state index contributed by atoms with van der Waals surface area (Å²) in [6.45, 7) is 12.0. The second-order valence-corrected chi connectivity index (χ2v) is 9.74. The first-order chi connectivity index (χ1) is 12.1. The maximum atomic E-state index is 12.6. The molecule has 1 unspecified atom stereocenters. The first-order valence-corrected chi connectivity index (χ1v) is 10.8. The molecule has 1 heterocycles. The highest BCUT2D eigenvalue weighted by Gasteiger charge is 2.32. The van der Waals surface area contributed by atoms with Gasteiger partial charge in [-0.05, 0) is 51.5 Å². The summed E-state index contributed by atoms with van der Waals surface area (Å²) >= 11 is 0. The minimum Gasteiger partial charge on any atom is -0.324 e. The number of benzene rings is 1. The van der Waals surface area contributed by atoms with E-state index in [0.717, 1.165) is 13.1 Å².